The molecule has 2 unspecified atom stereocenters. The van der Waals surface area contributed by atoms with Crippen LogP contribution in [0.25, 0.3) is 0 Å². The van der Waals surface area contributed by atoms with E-state index in [0.717, 1.165) is 5.56 Å². The number of nitrogens with one attached hydrogen (secondary N) is 1. The molecule has 0 radical (unpaired) electrons. The minimum atomic E-state index is -1.81. The van der Waals surface area contributed by atoms with Crippen molar-refractivity contribution in [2.45, 2.75) is 25.0 Å². The summed E-state index contributed by atoms with van der Waals surface area (Å²) < 4.78 is 0. The normalized spacial score (nSPS) is 15.4. The van der Waals surface area contributed by atoms with Crippen molar-refractivity contribution < 1.29 is 15.0 Å². The molecule has 7 heteroatoms. The summed E-state index contributed by atoms with van der Waals surface area (Å²) in [5, 5.41) is 21.8. The molecule has 1 rings (SSSR count). The molecule has 0 spiro atoms. The molecule has 0 saturated heterocycles. The first-order chi connectivity index (χ1) is 9.26. The van der Waals surface area contributed by atoms with Gasteiger partial charge in [-0.1, -0.05) is 0 Å². The Balaban J connectivity index is 3.06. The molecule has 20 heavy (non-hydrogen) atoms. The number of carbonyl (C=O) groups is 1. The Hall–Kier alpha value is -1.83. The summed E-state index contributed by atoms with van der Waals surface area (Å²) in [4.78, 5) is 11.7. The second-order valence-corrected chi connectivity index (χ2v) is 4.92. The van der Waals surface area contributed by atoms with E-state index in [1.54, 1.807) is 12.1 Å². The lowest BCUT2D eigenvalue weighted by molar-refractivity contribution is -0.132. The summed E-state index contributed by atoms with van der Waals surface area (Å²) >= 11 is 0. The highest BCUT2D eigenvalue weighted by atomic mass is 16.3. The minimum Gasteiger partial charge on any atom is -0.398 e. The van der Waals surface area contributed by atoms with Crippen molar-refractivity contribution >= 4 is 17.3 Å². The largest absolute Gasteiger partial charge is 0.398 e. The maximum Gasteiger partial charge on any atom is 0.244 e. The van der Waals surface area contributed by atoms with Gasteiger partial charge in [0.25, 0.3) is 0 Å². The number of aryl methyl sites for hydroxylation is 1. The average molecular weight is 282 g/mol. The molecule has 112 valence electrons. The van der Waals surface area contributed by atoms with Crippen LogP contribution in [-0.4, -0.2) is 41.4 Å². The number of amides is 1. The molecule has 0 aliphatic rings. The number of aliphatic hydroxyl groups excluding tert-OH is 2. The van der Waals surface area contributed by atoms with Gasteiger partial charge < -0.3 is 32.7 Å². The second-order valence-electron chi connectivity index (χ2n) is 4.92. The van der Waals surface area contributed by atoms with Crippen LogP contribution in [-0.2, 0) is 11.2 Å². The monoisotopic (exact) mass is 282 g/mol. The van der Waals surface area contributed by atoms with Crippen molar-refractivity contribution in [2.24, 2.45) is 5.73 Å². The molecule has 1 aromatic carbocycles. The molecular formula is C13H22N4O3. The number of anilines is 2. The third-order valence-corrected chi connectivity index (χ3v) is 3.37. The van der Waals surface area contributed by atoms with Gasteiger partial charge in [-0.2, -0.15) is 0 Å². The summed E-state index contributed by atoms with van der Waals surface area (Å²) in [5.74, 6) is -0.656. The second kappa shape index (κ2) is 6.08. The van der Waals surface area contributed by atoms with Crippen LogP contribution in [0.4, 0.5) is 11.4 Å². The zero-order valence-corrected chi connectivity index (χ0v) is 11.7. The van der Waals surface area contributed by atoms with E-state index in [2.05, 4.69) is 5.32 Å². The average Bonchev–Trinajstić information content (AvgIpc) is 2.40. The fraction of sp³-hybridized carbons (Fsp3) is 0.462. The highest BCUT2D eigenvalue weighted by molar-refractivity contribution is 5.87. The predicted octanol–water partition coefficient (Wildman–Crippen LogP) is -1.50. The van der Waals surface area contributed by atoms with E-state index in [4.69, 9.17) is 17.2 Å². The Morgan fingerprint density at radius 3 is 2.30 bits per heavy atom. The van der Waals surface area contributed by atoms with Crippen LogP contribution in [0.1, 0.15) is 11.1 Å². The van der Waals surface area contributed by atoms with Crippen LogP contribution in [0.3, 0.4) is 0 Å². The molecule has 0 aromatic heterocycles. The van der Waals surface area contributed by atoms with E-state index in [9.17, 15) is 15.0 Å². The van der Waals surface area contributed by atoms with Crippen LogP contribution >= 0.6 is 0 Å². The van der Waals surface area contributed by atoms with Gasteiger partial charge >= 0.3 is 0 Å². The molecule has 9 N–H and O–H groups in total. The van der Waals surface area contributed by atoms with Gasteiger partial charge in [0, 0.05) is 30.4 Å². The maximum atomic E-state index is 11.7. The van der Waals surface area contributed by atoms with E-state index in [1.807, 2.05) is 6.92 Å². The summed E-state index contributed by atoms with van der Waals surface area (Å²) in [7, 11) is 1.38. The van der Waals surface area contributed by atoms with Crippen LogP contribution in [0.2, 0.25) is 0 Å². The molecule has 0 saturated carbocycles. The molecule has 1 amide bonds. The lowest BCUT2D eigenvalue weighted by Crippen LogP contribution is -2.64. The number of likely N-dealkylation sites (N-methyl/N-ethyl adjacent to an activating group) is 1. The number of rotatable bonds is 5. The lowest BCUT2D eigenvalue weighted by atomic mass is 9.87. The third kappa shape index (κ3) is 3.01. The molecule has 2 atom stereocenters. The Kier molecular flexibility index (Phi) is 4.93. The SMILES string of the molecule is CNC(=O)C(N)(CO)C(O)Cc1c(N)cc(C)cc1N. The number of nitrogen functional groups attached to an aromatic ring is 2. The predicted molar refractivity (Wildman–Crippen MR) is 77.8 cm³/mol. The molecule has 0 fully saturated rings. The summed E-state index contributed by atoms with van der Waals surface area (Å²) in [6.07, 6.45) is -1.35. The van der Waals surface area contributed by atoms with Crippen molar-refractivity contribution in [3.05, 3.63) is 23.3 Å². The van der Waals surface area contributed by atoms with E-state index in [1.165, 1.54) is 7.05 Å². The Morgan fingerprint density at radius 2 is 1.90 bits per heavy atom. The number of carbonyl (C=O) groups excluding carboxylic acids is 1. The van der Waals surface area contributed by atoms with Gasteiger partial charge in [0.05, 0.1) is 12.7 Å². The highest BCUT2D eigenvalue weighted by Crippen LogP contribution is 2.25. The van der Waals surface area contributed by atoms with Gasteiger partial charge in [-0.05, 0) is 24.6 Å². The van der Waals surface area contributed by atoms with E-state index < -0.39 is 24.2 Å². The summed E-state index contributed by atoms with van der Waals surface area (Å²) in [6.45, 7) is 1.15. The van der Waals surface area contributed by atoms with Crippen molar-refractivity contribution in [3.8, 4) is 0 Å². The smallest absolute Gasteiger partial charge is 0.244 e. The molecule has 7 nitrogen and oxygen atoms in total. The fourth-order valence-corrected chi connectivity index (χ4v) is 2.05. The van der Waals surface area contributed by atoms with Gasteiger partial charge in [0.1, 0.15) is 5.54 Å². The minimum absolute atomic E-state index is 0.0254. The van der Waals surface area contributed by atoms with Gasteiger partial charge in [0.15, 0.2) is 0 Å². The Morgan fingerprint density at radius 1 is 1.40 bits per heavy atom. The van der Waals surface area contributed by atoms with E-state index in [0.29, 0.717) is 16.9 Å². The van der Waals surface area contributed by atoms with Crippen LogP contribution < -0.4 is 22.5 Å². The molecule has 0 aliphatic carbocycles. The number of aliphatic hydroxyl groups is 2. The first kappa shape index (κ1) is 16.2. The van der Waals surface area contributed by atoms with Gasteiger partial charge in [0.2, 0.25) is 5.91 Å². The topological polar surface area (TPSA) is 148 Å². The third-order valence-electron chi connectivity index (χ3n) is 3.37. The first-order valence-corrected chi connectivity index (χ1v) is 6.20. The van der Waals surface area contributed by atoms with Crippen LogP contribution in [0.5, 0.6) is 0 Å². The zero-order valence-electron chi connectivity index (χ0n) is 11.7. The van der Waals surface area contributed by atoms with Crippen molar-refractivity contribution in [2.75, 3.05) is 25.1 Å². The van der Waals surface area contributed by atoms with Gasteiger partial charge in [-0.15, -0.1) is 0 Å². The molecule has 0 aliphatic heterocycles. The first-order valence-electron chi connectivity index (χ1n) is 6.20. The number of hydrogen-bond donors (Lipinski definition) is 6. The van der Waals surface area contributed by atoms with E-state index in [-0.39, 0.29) is 6.42 Å². The molecule has 1 aromatic rings. The lowest BCUT2D eigenvalue weighted by Gasteiger charge is -2.31. The molecule has 0 bridgehead atoms. The number of hydrogen-bond acceptors (Lipinski definition) is 6. The number of nitrogens with two attached hydrogens (primary N) is 3. The fourth-order valence-electron chi connectivity index (χ4n) is 2.05. The Bertz CT molecular complexity index is 483. The summed E-state index contributed by atoms with van der Waals surface area (Å²) in [6, 6.07) is 3.44. The van der Waals surface area contributed by atoms with Crippen molar-refractivity contribution in [3.63, 3.8) is 0 Å². The number of benzene rings is 1. The quantitative estimate of drug-likeness (QED) is 0.362. The molecular weight excluding hydrogens is 260 g/mol. The maximum absolute atomic E-state index is 11.7. The summed E-state index contributed by atoms with van der Waals surface area (Å²) in [5.41, 5.74) is 17.9. The van der Waals surface area contributed by atoms with Crippen molar-refractivity contribution in [1.82, 2.24) is 5.32 Å². The van der Waals surface area contributed by atoms with Crippen LogP contribution in [0, 0.1) is 6.92 Å². The van der Waals surface area contributed by atoms with Gasteiger partial charge in [-0.25, -0.2) is 0 Å². The van der Waals surface area contributed by atoms with Gasteiger partial charge in [-0.3, -0.25) is 4.79 Å². The van der Waals surface area contributed by atoms with Crippen molar-refractivity contribution in [1.29, 1.82) is 0 Å². The standard InChI is InChI=1S/C13H22N4O3/c1-7-3-9(14)8(10(15)4-7)5-11(19)13(16,6-18)12(20)17-2/h3-4,11,18-19H,5-6,14-16H2,1-2H3,(H,17,20). The molecule has 0 heterocycles. The van der Waals surface area contributed by atoms with E-state index >= 15 is 0 Å². The van der Waals surface area contributed by atoms with Crippen LogP contribution in [0.15, 0.2) is 12.1 Å². The zero-order chi connectivity index (χ0) is 15.5. The highest BCUT2D eigenvalue weighted by Gasteiger charge is 2.40. The Labute approximate surface area is 117 Å².